The van der Waals surface area contributed by atoms with E-state index in [1.807, 2.05) is 11.3 Å². The van der Waals surface area contributed by atoms with E-state index < -0.39 is 0 Å². The highest BCUT2D eigenvalue weighted by atomic mass is 79.9. The lowest BCUT2D eigenvalue weighted by atomic mass is 10.2. The summed E-state index contributed by atoms with van der Waals surface area (Å²) >= 11 is 7.46. The van der Waals surface area contributed by atoms with Crippen molar-refractivity contribution in [3.05, 3.63) is 20.8 Å². The summed E-state index contributed by atoms with van der Waals surface area (Å²) in [4.78, 5) is 1.47. The first-order chi connectivity index (χ1) is 8.26. The Kier molecular flexibility index (Phi) is 8.62. The molecule has 0 aromatic carbocycles. The van der Waals surface area contributed by atoms with Crippen LogP contribution in [0.4, 0.5) is 0 Å². The average Bonchev–Trinajstić information content (AvgIpc) is 2.72. The molecule has 0 fully saturated rings. The minimum atomic E-state index is 0.622. The Bertz CT molecular complexity index is 301. The fourth-order valence-electron chi connectivity index (χ4n) is 1.61. The van der Waals surface area contributed by atoms with Crippen molar-refractivity contribution in [2.24, 2.45) is 0 Å². The van der Waals surface area contributed by atoms with Gasteiger partial charge in [0.2, 0.25) is 0 Å². The predicted molar refractivity (Wildman–Crippen MR) is 85.4 cm³/mol. The van der Waals surface area contributed by atoms with Gasteiger partial charge in [0.1, 0.15) is 0 Å². The van der Waals surface area contributed by atoms with Crippen LogP contribution in [-0.4, -0.2) is 24.1 Å². The fraction of sp³-hybridized carbons (Fsp3) is 0.692. The van der Waals surface area contributed by atoms with Crippen LogP contribution in [0.1, 0.15) is 31.6 Å². The van der Waals surface area contributed by atoms with E-state index in [0.717, 1.165) is 13.0 Å². The van der Waals surface area contributed by atoms with Gasteiger partial charge in [-0.2, -0.15) is 11.8 Å². The zero-order chi connectivity index (χ0) is 12.5. The third kappa shape index (κ3) is 6.85. The van der Waals surface area contributed by atoms with Gasteiger partial charge in [0, 0.05) is 16.7 Å². The minimum absolute atomic E-state index is 0.622. The Balaban J connectivity index is 2.38. The monoisotopic (exact) mass is 335 g/mol. The molecule has 1 unspecified atom stereocenters. The normalized spacial score (nSPS) is 12.9. The van der Waals surface area contributed by atoms with Gasteiger partial charge in [-0.05, 0) is 59.6 Å². The zero-order valence-corrected chi connectivity index (χ0v) is 13.9. The van der Waals surface area contributed by atoms with Crippen LogP contribution < -0.4 is 5.32 Å². The van der Waals surface area contributed by atoms with E-state index in [1.54, 1.807) is 0 Å². The maximum absolute atomic E-state index is 3.66. The summed E-state index contributed by atoms with van der Waals surface area (Å²) in [5, 5.41) is 3.66. The van der Waals surface area contributed by atoms with Crippen LogP contribution in [0.3, 0.4) is 0 Å². The highest BCUT2D eigenvalue weighted by molar-refractivity contribution is 9.11. The maximum Gasteiger partial charge on any atom is 0.0701 e. The van der Waals surface area contributed by atoms with Gasteiger partial charge < -0.3 is 5.32 Å². The number of nitrogens with one attached hydrogen (secondary N) is 1. The summed E-state index contributed by atoms with van der Waals surface area (Å²) in [6.07, 6.45) is 3.64. The smallest absolute Gasteiger partial charge is 0.0701 e. The molecule has 1 aromatic rings. The van der Waals surface area contributed by atoms with Crippen LogP contribution >= 0.6 is 39.0 Å². The molecule has 0 amide bonds. The van der Waals surface area contributed by atoms with Crippen LogP contribution in [0.25, 0.3) is 0 Å². The van der Waals surface area contributed by atoms with Crippen molar-refractivity contribution in [1.29, 1.82) is 0 Å². The summed E-state index contributed by atoms with van der Waals surface area (Å²) in [5.41, 5.74) is 0. The lowest BCUT2D eigenvalue weighted by Crippen LogP contribution is -2.33. The molecule has 0 aliphatic rings. The van der Waals surface area contributed by atoms with E-state index in [9.17, 15) is 0 Å². The molecule has 17 heavy (non-hydrogen) atoms. The maximum atomic E-state index is 3.66. The number of halogens is 1. The first kappa shape index (κ1) is 15.5. The Morgan fingerprint density at radius 3 is 2.76 bits per heavy atom. The van der Waals surface area contributed by atoms with Gasteiger partial charge in [0.05, 0.1) is 3.79 Å². The average molecular weight is 336 g/mol. The largest absolute Gasteiger partial charge is 0.313 e. The van der Waals surface area contributed by atoms with Crippen molar-refractivity contribution in [3.8, 4) is 0 Å². The molecule has 0 spiro atoms. The third-order valence-electron chi connectivity index (χ3n) is 2.43. The molecule has 98 valence electrons. The Labute approximate surface area is 122 Å². The molecule has 1 aromatic heterocycles. The van der Waals surface area contributed by atoms with Crippen molar-refractivity contribution < 1.29 is 0 Å². The Morgan fingerprint density at radius 1 is 1.35 bits per heavy atom. The Hall–Kier alpha value is 0.490. The second-order valence-corrected chi connectivity index (χ2v) is 7.83. The zero-order valence-electron chi connectivity index (χ0n) is 10.7. The standard InChI is InChI=1S/C13H22BrNS2/c1-3-7-15-11(10-16-8-4-2)9-12-5-6-13(14)17-12/h5-6,11,15H,3-4,7-10H2,1-2H3. The van der Waals surface area contributed by atoms with Crippen LogP contribution in [0.15, 0.2) is 15.9 Å². The molecule has 0 bridgehead atoms. The number of hydrogen-bond acceptors (Lipinski definition) is 3. The summed E-state index contributed by atoms with van der Waals surface area (Å²) in [6, 6.07) is 5.01. The van der Waals surface area contributed by atoms with Gasteiger partial charge in [0.15, 0.2) is 0 Å². The highest BCUT2D eigenvalue weighted by Gasteiger charge is 2.10. The minimum Gasteiger partial charge on any atom is -0.313 e. The van der Waals surface area contributed by atoms with Crippen molar-refractivity contribution >= 4 is 39.0 Å². The molecule has 0 aliphatic carbocycles. The van der Waals surface area contributed by atoms with Crippen molar-refractivity contribution in [2.45, 2.75) is 39.2 Å². The molecule has 1 atom stereocenters. The first-order valence-electron chi connectivity index (χ1n) is 6.31. The van der Waals surface area contributed by atoms with Crippen LogP contribution in [0.2, 0.25) is 0 Å². The molecule has 1 nitrogen and oxygen atoms in total. The van der Waals surface area contributed by atoms with Crippen molar-refractivity contribution in [3.63, 3.8) is 0 Å². The first-order valence-corrected chi connectivity index (χ1v) is 9.08. The molecular weight excluding hydrogens is 314 g/mol. The quantitative estimate of drug-likeness (QED) is 0.663. The second kappa shape index (κ2) is 9.42. The summed E-state index contributed by atoms with van der Waals surface area (Å²) < 4.78 is 1.24. The van der Waals surface area contributed by atoms with Crippen LogP contribution in [-0.2, 0) is 6.42 Å². The number of thioether (sulfide) groups is 1. The van der Waals surface area contributed by atoms with Gasteiger partial charge in [-0.15, -0.1) is 11.3 Å². The summed E-state index contributed by atoms with van der Waals surface area (Å²) in [6.45, 7) is 5.60. The summed E-state index contributed by atoms with van der Waals surface area (Å²) in [7, 11) is 0. The molecule has 1 heterocycles. The van der Waals surface area contributed by atoms with E-state index in [0.29, 0.717) is 6.04 Å². The summed E-state index contributed by atoms with van der Waals surface area (Å²) in [5.74, 6) is 2.50. The molecule has 0 saturated carbocycles. The van der Waals surface area contributed by atoms with Crippen LogP contribution in [0.5, 0.6) is 0 Å². The SMILES string of the molecule is CCCNC(CSCCC)Cc1ccc(Br)s1. The van der Waals surface area contributed by atoms with E-state index in [4.69, 9.17) is 0 Å². The molecule has 1 N–H and O–H groups in total. The molecule has 0 saturated heterocycles. The van der Waals surface area contributed by atoms with Crippen molar-refractivity contribution in [2.75, 3.05) is 18.1 Å². The second-order valence-electron chi connectivity index (χ2n) is 4.14. The van der Waals surface area contributed by atoms with Gasteiger partial charge in [0.25, 0.3) is 0 Å². The van der Waals surface area contributed by atoms with E-state index in [2.05, 4.69) is 59.0 Å². The van der Waals surface area contributed by atoms with Gasteiger partial charge >= 0.3 is 0 Å². The molecular formula is C13H22BrNS2. The topological polar surface area (TPSA) is 12.0 Å². The van der Waals surface area contributed by atoms with E-state index in [-0.39, 0.29) is 0 Å². The third-order valence-corrected chi connectivity index (χ3v) is 5.41. The lowest BCUT2D eigenvalue weighted by Gasteiger charge is -2.17. The number of hydrogen-bond donors (Lipinski definition) is 1. The molecule has 0 aliphatic heterocycles. The van der Waals surface area contributed by atoms with Gasteiger partial charge in [-0.3, -0.25) is 0 Å². The fourth-order valence-corrected chi connectivity index (χ4v) is 4.15. The number of rotatable bonds is 9. The van der Waals surface area contributed by atoms with Crippen molar-refractivity contribution in [1.82, 2.24) is 5.32 Å². The lowest BCUT2D eigenvalue weighted by molar-refractivity contribution is 0.553. The van der Waals surface area contributed by atoms with E-state index >= 15 is 0 Å². The number of thiophene rings is 1. The molecule has 0 radical (unpaired) electrons. The molecule has 4 heteroatoms. The Morgan fingerprint density at radius 2 is 2.18 bits per heavy atom. The highest BCUT2D eigenvalue weighted by Crippen LogP contribution is 2.23. The predicted octanol–water partition coefficient (Wildman–Crippen LogP) is 4.56. The van der Waals surface area contributed by atoms with Gasteiger partial charge in [-0.1, -0.05) is 13.8 Å². The van der Waals surface area contributed by atoms with Gasteiger partial charge in [-0.25, -0.2) is 0 Å². The van der Waals surface area contributed by atoms with Crippen LogP contribution in [0, 0.1) is 0 Å². The van der Waals surface area contributed by atoms with E-state index in [1.165, 1.54) is 33.0 Å². The molecule has 1 rings (SSSR count).